The van der Waals surface area contributed by atoms with Crippen LogP contribution in [0.1, 0.15) is 32.3 Å². The molecular formula is C14H23N3O. The van der Waals surface area contributed by atoms with Crippen LogP contribution in [0, 0.1) is 6.92 Å². The Labute approximate surface area is 109 Å². The van der Waals surface area contributed by atoms with E-state index < -0.39 is 0 Å². The van der Waals surface area contributed by atoms with E-state index in [9.17, 15) is 4.79 Å². The number of nitrogen functional groups attached to an aromatic ring is 1. The van der Waals surface area contributed by atoms with Crippen molar-refractivity contribution in [3.63, 3.8) is 0 Å². The number of nitrogens with one attached hydrogen (secondary N) is 2. The highest BCUT2D eigenvalue weighted by atomic mass is 16.1. The zero-order valence-corrected chi connectivity index (χ0v) is 11.4. The van der Waals surface area contributed by atoms with Gasteiger partial charge in [0.15, 0.2) is 0 Å². The molecule has 0 aliphatic carbocycles. The van der Waals surface area contributed by atoms with Crippen molar-refractivity contribution >= 4 is 17.3 Å². The molecule has 0 saturated heterocycles. The summed E-state index contributed by atoms with van der Waals surface area (Å²) in [5.41, 5.74) is 8.60. The van der Waals surface area contributed by atoms with Crippen LogP contribution in [-0.2, 0) is 4.79 Å². The molecule has 0 saturated carbocycles. The van der Waals surface area contributed by atoms with Crippen molar-refractivity contribution in [3.8, 4) is 0 Å². The molecule has 0 fully saturated rings. The van der Waals surface area contributed by atoms with Gasteiger partial charge in [-0.1, -0.05) is 13.0 Å². The van der Waals surface area contributed by atoms with Crippen LogP contribution in [0.2, 0.25) is 0 Å². The normalized spacial score (nSPS) is 11.9. The molecule has 0 heterocycles. The van der Waals surface area contributed by atoms with Gasteiger partial charge in [-0.3, -0.25) is 4.79 Å². The minimum atomic E-state index is 0.0723. The fraction of sp³-hybridized carbons (Fsp3) is 0.500. The number of aryl methyl sites for hydroxylation is 1. The van der Waals surface area contributed by atoms with Crippen LogP contribution in [0.15, 0.2) is 18.2 Å². The highest BCUT2D eigenvalue weighted by Crippen LogP contribution is 2.19. The Morgan fingerprint density at radius 3 is 2.83 bits per heavy atom. The van der Waals surface area contributed by atoms with E-state index in [1.165, 1.54) is 0 Å². The first-order chi connectivity index (χ1) is 8.52. The van der Waals surface area contributed by atoms with Crippen molar-refractivity contribution in [3.05, 3.63) is 23.8 Å². The van der Waals surface area contributed by atoms with Gasteiger partial charge in [0, 0.05) is 19.0 Å². The maximum atomic E-state index is 11.6. The lowest BCUT2D eigenvalue weighted by molar-refractivity contribution is -0.121. The highest BCUT2D eigenvalue weighted by molar-refractivity contribution is 5.77. The lowest BCUT2D eigenvalue weighted by atomic mass is 10.2. The smallest absolute Gasteiger partial charge is 0.221 e. The summed E-state index contributed by atoms with van der Waals surface area (Å²) in [7, 11) is 0. The van der Waals surface area contributed by atoms with Crippen molar-refractivity contribution in [1.82, 2.24) is 5.32 Å². The SMILES string of the molecule is CCC(C)NC(=O)CCNc1cc(C)ccc1N. The molecule has 4 heteroatoms. The van der Waals surface area contributed by atoms with E-state index >= 15 is 0 Å². The fourth-order valence-electron chi connectivity index (χ4n) is 1.58. The number of benzene rings is 1. The largest absolute Gasteiger partial charge is 0.397 e. The van der Waals surface area contributed by atoms with E-state index in [1.807, 2.05) is 32.0 Å². The molecule has 0 radical (unpaired) electrons. The Balaban J connectivity index is 2.37. The van der Waals surface area contributed by atoms with E-state index in [-0.39, 0.29) is 11.9 Å². The van der Waals surface area contributed by atoms with Gasteiger partial charge in [-0.05, 0) is 38.0 Å². The zero-order valence-electron chi connectivity index (χ0n) is 11.4. The second-order valence-electron chi connectivity index (χ2n) is 4.64. The molecule has 1 aromatic carbocycles. The number of carbonyl (C=O) groups excluding carboxylic acids is 1. The molecule has 1 amide bonds. The molecule has 0 aliphatic heterocycles. The van der Waals surface area contributed by atoms with Gasteiger partial charge in [0.2, 0.25) is 5.91 Å². The first-order valence-corrected chi connectivity index (χ1v) is 6.42. The number of hydrogen-bond donors (Lipinski definition) is 3. The minimum Gasteiger partial charge on any atom is -0.397 e. The molecule has 0 spiro atoms. The second kappa shape index (κ2) is 6.89. The average Bonchev–Trinajstić information content (AvgIpc) is 2.33. The molecule has 100 valence electrons. The maximum absolute atomic E-state index is 11.6. The molecule has 4 nitrogen and oxygen atoms in total. The number of rotatable bonds is 6. The molecule has 1 atom stereocenters. The molecule has 0 bridgehead atoms. The van der Waals surface area contributed by atoms with Crippen molar-refractivity contribution in [2.24, 2.45) is 0 Å². The van der Waals surface area contributed by atoms with E-state index in [2.05, 4.69) is 17.6 Å². The maximum Gasteiger partial charge on any atom is 0.221 e. The molecule has 18 heavy (non-hydrogen) atoms. The summed E-state index contributed by atoms with van der Waals surface area (Å²) in [4.78, 5) is 11.6. The van der Waals surface area contributed by atoms with Crippen LogP contribution in [-0.4, -0.2) is 18.5 Å². The van der Waals surface area contributed by atoms with Crippen molar-refractivity contribution in [2.75, 3.05) is 17.6 Å². The third-order valence-corrected chi connectivity index (χ3v) is 2.90. The lowest BCUT2D eigenvalue weighted by Crippen LogP contribution is -2.32. The predicted octanol–water partition coefficient (Wildman–Crippen LogP) is 2.29. The Bertz CT molecular complexity index is 404. The Morgan fingerprint density at radius 1 is 1.44 bits per heavy atom. The van der Waals surface area contributed by atoms with Gasteiger partial charge in [-0.2, -0.15) is 0 Å². The Morgan fingerprint density at radius 2 is 2.17 bits per heavy atom. The van der Waals surface area contributed by atoms with Crippen LogP contribution < -0.4 is 16.4 Å². The van der Waals surface area contributed by atoms with E-state index in [1.54, 1.807) is 0 Å². The topological polar surface area (TPSA) is 67.2 Å². The molecule has 4 N–H and O–H groups in total. The molecule has 1 aromatic rings. The fourth-order valence-corrected chi connectivity index (χ4v) is 1.58. The number of nitrogens with two attached hydrogens (primary N) is 1. The van der Waals surface area contributed by atoms with E-state index in [4.69, 9.17) is 5.73 Å². The van der Waals surface area contributed by atoms with Crippen LogP contribution in [0.5, 0.6) is 0 Å². The summed E-state index contributed by atoms with van der Waals surface area (Å²) in [6.07, 6.45) is 1.40. The van der Waals surface area contributed by atoms with Crippen LogP contribution in [0.25, 0.3) is 0 Å². The summed E-state index contributed by atoms with van der Waals surface area (Å²) in [5.74, 6) is 0.0723. The van der Waals surface area contributed by atoms with Gasteiger partial charge in [0.25, 0.3) is 0 Å². The van der Waals surface area contributed by atoms with Gasteiger partial charge in [0.1, 0.15) is 0 Å². The zero-order chi connectivity index (χ0) is 13.5. The van der Waals surface area contributed by atoms with Gasteiger partial charge >= 0.3 is 0 Å². The van der Waals surface area contributed by atoms with Crippen LogP contribution >= 0.6 is 0 Å². The molecular weight excluding hydrogens is 226 g/mol. The summed E-state index contributed by atoms with van der Waals surface area (Å²) >= 11 is 0. The first-order valence-electron chi connectivity index (χ1n) is 6.42. The summed E-state index contributed by atoms with van der Waals surface area (Å²) in [6, 6.07) is 6.07. The monoisotopic (exact) mass is 249 g/mol. The Hall–Kier alpha value is -1.71. The quantitative estimate of drug-likeness (QED) is 0.678. The molecule has 1 rings (SSSR count). The second-order valence-corrected chi connectivity index (χ2v) is 4.64. The van der Waals surface area contributed by atoms with Gasteiger partial charge < -0.3 is 16.4 Å². The summed E-state index contributed by atoms with van der Waals surface area (Å²) < 4.78 is 0. The number of amides is 1. The van der Waals surface area contributed by atoms with E-state index in [0.29, 0.717) is 18.7 Å². The van der Waals surface area contributed by atoms with Gasteiger partial charge in [-0.25, -0.2) is 0 Å². The van der Waals surface area contributed by atoms with Crippen LogP contribution in [0.3, 0.4) is 0 Å². The lowest BCUT2D eigenvalue weighted by Gasteiger charge is -2.13. The van der Waals surface area contributed by atoms with Gasteiger partial charge in [0.05, 0.1) is 11.4 Å². The standard InChI is InChI=1S/C14H23N3O/c1-4-11(3)17-14(18)7-8-16-13-9-10(2)5-6-12(13)15/h5-6,9,11,16H,4,7-8,15H2,1-3H3,(H,17,18). The van der Waals surface area contributed by atoms with Crippen molar-refractivity contribution in [1.29, 1.82) is 0 Å². The number of carbonyl (C=O) groups is 1. The Kier molecular flexibility index (Phi) is 5.49. The van der Waals surface area contributed by atoms with Gasteiger partial charge in [-0.15, -0.1) is 0 Å². The third-order valence-electron chi connectivity index (χ3n) is 2.90. The highest BCUT2D eigenvalue weighted by Gasteiger charge is 2.05. The van der Waals surface area contributed by atoms with E-state index in [0.717, 1.165) is 17.7 Å². The molecule has 1 unspecified atom stereocenters. The first kappa shape index (κ1) is 14.4. The predicted molar refractivity (Wildman–Crippen MR) is 76.6 cm³/mol. The van der Waals surface area contributed by atoms with Crippen LogP contribution in [0.4, 0.5) is 11.4 Å². The minimum absolute atomic E-state index is 0.0723. The van der Waals surface area contributed by atoms with Crippen molar-refractivity contribution < 1.29 is 4.79 Å². The number of anilines is 2. The molecule has 0 aromatic heterocycles. The number of hydrogen-bond acceptors (Lipinski definition) is 3. The third kappa shape index (κ3) is 4.65. The summed E-state index contributed by atoms with van der Waals surface area (Å²) in [5, 5.41) is 6.12. The molecule has 0 aliphatic rings. The van der Waals surface area contributed by atoms with Crippen molar-refractivity contribution in [2.45, 2.75) is 39.7 Å². The summed E-state index contributed by atoms with van der Waals surface area (Å²) in [6.45, 7) is 6.66. The average molecular weight is 249 g/mol.